The van der Waals surface area contributed by atoms with Gasteiger partial charge in [-0.05, 0) is 46.5 Å². The fraction of sp³-hybridized carbons (Fsp3) is 0. The number of phenolic OH excluding ortho intramolecular Hbond substituents is 1. The van der Waals surface area contributed by atoms with Crippen LogP contribution in [0.2, 0.25) is 0 Å². The molecule has 0 saturated heterocycles. The molecule has 4 rings (SSSR count). The second kappa shape index (κ2) is 7.57. The number of sulfonamides is 1. The lowest BCUT2D eigenvalue weighted by molar-refractivity contribution is 0.102. The van der Waals surface area contributed by atoms with Crippen molar-refractivity contribution in [3.63, 3.8) is 0 Å². The number of rotatable bonds is 5. The van der Waals surface area contributed by atoms with Crippen LogP contribution in [0.4, 0.5) is 11.4 Å². The summed E-state index contributed by atoms with van der Waals surface area (Å²) in [5, 5.41) is 15.8. The quantitative estimate of drug-likeness (QED) is 0.406. The molecule has 3 aromatic carbocycles. The van der Waals surface area contributed by atoms with Gasteiger partial charge in [0.25, 0.3) is 15.9 Å². The third-order valence-electron chi connectivity index (χ3n) is 4.29. The van der Waals surface area contributed by atoms with Gasteiger partial charge in [-0.25, -0.2) is 8.42 Å². The summed E-state index contributed by atoms with van der Waals surface area (Å²) in [5.74, 6) is -0.622. The smallest absolute Gasteiger partial charge is 0.271 e. The van der Waals surface area contributed by atoms with Crippen molar-refractivity contribution in [1.82, 2.24) is 0 Å². The Labute approximate surface area is 171 Å². The molecule has 6 nitrogen and oxygen atoms in total. The third kappa shape index (κ3) is 3.94. The van der Waals surface area contributed by atoms with Crippen LogP contribution in [0.25, 0.3) is 10.8 Å². The Morgan fingerprint density at radius 1 is 0.862 bits per heavy atom. The molecule has 0 saturated carbocycles. The first-order valence-corrected chi connectivity index (χ1v) is 11.0. The predicted molar refractivity (Wildman–Crippen MR) is 115 cm³/mol. The average Bonchev–Trinajstić information content (AvgIpc) is 3.25. The van der Waals surface area contributed by atoms with E-state index in [4.69, 9.17) is 0 Å². The number of thiophene rings is 1. The van der Waals surface area contributed by atoms with Crippen molar-refractivity contribution in [2.45, 2.75) is 4.21 Å². The van der Waals surface area contributed by atoms with Gasteiger partial charge in [0.1, 0.15) is 9.96 Å². The molecule has 1 aromatic heterocycles. The van der Waals surface area contributed by atoms with Gasteiger partial charge in [0, 0.05) is 0 Å². The molecule has 0 bridgehead atoms. The first kappa shape index (κ1) is 19.0. The van der Waals surface area contributed by atoms with Gasteiger partial charge in [-0.2, -0.15) is 0 Å². The van der Waals surface area contributed by atoms with Crippen LogP contribution in [0.1, 0.15) is 10.4 Å². The van der Waals surface area contributed by atoms with Crippen LogP contribution in [0, 0.1) is 0 Å². The molecule has 3 N–H and O–H groups in total. The number of hydrogen-bond acceptors (Lipinski definition) is 5. The Morgan fingerprint density at radius 2 is 1.55 bits per heavy atom. The lowest BCUT2D eigenvalue weighted by atomic mass is 10.0. The zero-order valence-corrected chi connectivity index (χ0v) is 16.6. The van der Waals surface area contributed by atoms with Crippen LogP contribution in [0.5, 0.6) is 5.75 Å². The zero-order valence-electron chi connectivity index (χ0n) is 15.0. The molecule has 29 heavy (non-hydrogen) atoms. The molecular formula is C21H16N2O4S2. The number of fused-ring (bicyclic) bond motifs is 1. The second-order valence-electron chi connectivity index (χ2n) is 6.25. The van der Waals surface area contributed by atoms with E-state index in [0.29, 0.717) is 0 Å². The predicted octanol–water partition coefficient (Wildman–Crippen LogP) is 4.66. The van der Waals surface area contributed by atoms with Crippen molar-refractivity contribution >= 4 is 49.4 Å². The minimum atomic E-state index is -3.84. The number of amides is 1. The molecule has 0 unspecified atom stereocenters. The first-order valence-electron chi connectivity index (χ1n) is 8.62. The number of aromatic hydroxyl groups is 1. The Balaban J connectivity index is 1.78. The largest absolute Gasteiger partial charge is 0.506 e. The molecular weight excluding hydrogens is 408 g/mol. The highest BCUT2D eigenvalue weighted by atomic mass is 32.2. The second-order valence-corrected chi connectivity index (χ2v) is 9.11. The fourth-order valence-corrected chi connectivity index (χ4v) is 4.96. The van der Waals surface area contributed by atoms with Gasteiger partial charge in [0.15, 0.2) is 0 Å². The van der Waals surface area contributed by atoms with E-state index < -0.39 is 15.9 Å². The summed E-state index contributed by atoms with van der Waals surface area (Å²) in [4.78, 5) is 12.9. The summed E-state index contributed by atoms with van der Waals surface area (Å²) >= 11 is 1.09. The van der Waals surface area contributed by atoms with Crippen LogP contribution in [-0.2, 0) is 10.0 Å². The van der Waals surface area contributed by atoms with Crippen molar-refractivity contribution in [1.29, 1.82) is 0 Å². The van der Waals surface area contributed by atoms with E-state index in [1.165, 1.54) is 12.1 Å². The molecule has 0 atom stereocenters. The molecule has 0 aliphatic heterocycles. The van der Waals surface area contributed by atoms with Crippen molar-refractivity contribution in [2.75, 3.05) is 10.0 Å². The number of benzene rings is 3. The SMILES string of the molecule is O=C(Nc1ccccc1O)c1cc2ccccc2cc1NS(=O)(=O)c1cccs1. The van der Waals surface area contributed by atoms with Crippen molar-refractivity contribution in [3.05, 3.63) is 83.7 Å². The normalized spacial score (nSPS) is 11.3. The van der Waals surface area contributed by atoms with Crippen LogP contribution < -0.4 is 10.0 Å². The molecule has 146 valence electrons. The van der Waals surface area contributed by atoms with Crippen LogP contribution in [0.15, 0.2) is 82.4 Å². The molecule has 0 aliphatic rings. The fourth-order valence-electron chi connectivity index (χ4n) is 2.89. The first-order chi connectivity index (χ1) is 13.9. The molecule has 0 aliphatic carbocycles. The van der Waals surface area contributed by atoms with E-state index in [2.05, 4.69) is 10.0 Å². The van der Waals surface area contributed by atoms with E-state index in [-0.39, 0.29) is 26.9 Å². The molecule has 0 spiro atoms. The minimum Gasteiger partial charge on any atom is -0.506 e. The Bertz CT molecular complexity index is 1300. The third-order valence-corrected chi connectivity index (χ3v) is 7.05. The summed E-state index contributed by atoms with van der Waals surface area (Å²) in [7, 11) is -3.84. The monoisotopic (exact) mass is 424 g/mol. The topological polar surface area (TPSA) is 95.5 Å². The maximum absolute atomic E-state index is 12.9. The van der Waals surface area contributed by atoms with Crippen LogP contribution in [0.3, 0.4) is 0 Å². The highest BCUT2D eigenvalue weighted by Gasteiger charge is 2.21. The summed E-state index contributed by atoms with van der Waals surface area (Å²) < 4.78 is 28.1. The van der Waals surface area contributed by atoms with Crippen LogP contribution in [-0.4, -0.2) is 19.4 Å². The number of para-hydroxylation sites is 2. The molecule has 4 aromatic rings. The lowest BCUT2D eigenvalue weighted by Crippen LogP contribution is -2.18. The zero-order chi connectivity index (χ0) is 20.4. The van der Waals surface area contributed by atoms with Gasteiger partial charge >= 0.3 is 0 Å². The lowest BCUT2D eigenvalue weighted by Gasteiger charge is -2.14. The summed E-state index contributed by atoms with van der Waals surface area (Å²) in [6.45, 7) is 0. The van der Waals surface area contributed by atoms with E-state index >= 15 is 0 Å². The highest BCUT2D eigenvalue weighted by molar-refractivity contribution is 7.94. The van der Waals surface area contributed by atoms with E-state index in [1.54, 1.807) is 41.8 Å². The molecule has 1 heterocycles. The number of carbonyl (C=O) groups is 1. The van der Waals surface area contributed by atoms with E-state index in [9.17, 15) is 18.3 Å². The number of nitrogens with one attached hydrogen (secondary N) is 2. The Kier molecular flexibility index (Phi) is 4.96. The van der Waals surface area contributed by atoms with Gasteiger partial charge in [0.05, 0.1) is 16.9 Å². The Hall–Kier alpha value is -3.36. The summed E-state index contributed by atoms with van der Waals surface area (Å²) in [6, 6.07) is 20.1. The van der Waals surface area contributed by atoms with Crippen molar-refractivity contribution < 1.29 is 18.3 Å². The minimum absolute atomic E-state index is 0.0812. The molecule has 8 heteroatoms. The molecule has 0 fully saturated rings. The average molecular weight is 425 g/mol. The summed E-state index contributed by atoms with van der Waals surface area (Å²) in [5.41, 5.74) is 0.537. The summed E-state index contributed by atoms with van der Waals surface area (Å²) in [6.07, 6.45) is 0. The Morgan fingerprint density at radius 3 is 2.24 bits per heavy atom. The van der Waals surface area contributed by atoms with Crippen molar-refractivity contribution in [3.8, 4) is 5.75 Å². The van der Waals surface area contributed by atoms with Crippen LogP contribution >= 0.6 is 11.3 Å². The van der Waals surface area contributed by atoms with Gasteiger partial charge in [0.2, 0.25) is 0 Å². The van der Waals surface area contributed by atoms with Gasteiger partial charge in [-0.15, -0.1) is 11.3 Å². The number of carbonyl (C=O) groups excluding carboxylic acids is 1. The van der Waals surface area contributed by atoms with Gasteiger partial charge in [-0.1, -0.05) is 42.5 Å². The van der Waals surface area contributed by atoms with E-state index in [1.807, 2.05) is 24.3 Å². The van der Waals surface area contributed by atoms with Gasteiger partial charge in [-0.3, -0.25) is 9.52 Å². The van der Waals surface area contributed by atoms with Crippen molar-refractivity contribution in [2.24, 2.45) is 0 Å². The standard InChI is InChI=1S/C21H16N2O4S2/c24-19-9-4-3-8-17(19)22-21(25)16-12-14-6-1-2-7-15(14)13-18(16)23-29(26,27)20-10-5-11-28-20/h1-13,23-24H,(H,22,25). The molecule has 1 amide bonds. The number of phenols is 1. The maximum atomic E-state index is 12.9. The van der Waals surface area contributed by atoms with E-state index in [0.717, 1.165) is 22.1 Å². The molecule has 0 radical (unpaired) electrons. The number of hydrogen-bond donors (Lipinski definition) is 3. The van der Waals surface area contributed by atoms with Gasteiger partial charge < -0.3 is 10.4 Å². The highest BCUT2D eigenvalue weighted by Crippen LogP contribution is 2.29. The maximum Gasteiger partial charge on any atom is 0.271 e. The number of anilines is 2.